The predicted molar refractivity (Wildman–Crippen MR) is 107 cm³/mol. The van der Waals surface area contributed by atoms with E-state index in [1.807, 2.05) is 0 Å². The molecule has 0 aliphatic carbocycles. The third kappa shape index (κ3) is 5.79. The average molecular weight is 461 g/mol. The zero-order chi connectivity index (χ0) is 23.6. The van der Waals surface area contributed by atoms with E-state index in [0.29, 0.717) is 5.56 Å². The van der Waals surface area contributed by atoms with Crippen molar-refractivity contribution in [3.8, 4) is 5.75 Å². The van der Waals surface area contributed by atoms with Gasteiger partial charge < -0.3 is 40.1 Å². The van der Waals surface area contributed by atoms with Crippen LogP contribution in [0.2, 0.25) is 5.02 Å². The van der Waals surface area contributed by atoms with Crippen LogP contribution in [0, 0.1) is 0 Å². The normalized spacial score (nSPS) is 14.5. The number of aliphatic hydroxyl groups is 6. The van der Waals surface area contributed by atoms with E-state index >= 15 is 0 Å². The molecule has 1 unspecified atom stereocenters. The summed E-state index contributed by atoms with van der Waals surface area (Å²) in [5.41, 5.74) is -1.06. The minimum absolute atomic E-state index is 0.132. The van der Waals surface area contributed by atoms with Gasteiger partial charge in [0, 0.05) is 0 Å². The van der Waals surface area contributed by atoms with Gasteiger partial charge in [-0.15, -0.1) is 0 Å². The van der Waals surface area contributed by atoms with E-state index in [9.17, 15) is 20.1 Å². The molecule has 1 atom stereocenters. The second-order valence-electron chi connectivity index (χ2n) is 7.78. The van der Waals surface area contributed by atoms with Crippen LogP contribution in [0.4, 0.5) is 0 Å². The predicted octanol–water partition coefficient (Wildman–Crippen LogP) is -0.666. The van der Waals surface area contributed by atoms with Crippen molar-refractivity contribution >= 4 is 11.6 Å². The van der Waals surface area contributed by atoms with Crippen LogP contribution in [-0.4, -0.2) is 59.1 Å². The number of benzene rings is 1. The molecule has 1 heterocycles. The molecular formula is C19H25ClN2O9. The van der Waals surface area contributed by atoms with E-state index in [2.05, 4.69) is 5.10 Å². The zero-order valence-electron chi connectivity index (χ0n) is 17.1. The molecule has 0 aliphatic heterocycles. The lowest BCUT2D eigenvalue weighted by molar-refractivity contribution is -0.327. The molecule has 2 aromatic rings. The number of hydrogen-bond donors (Lipinski definition) is 6. The molecule has 0 aliphatic rings. The van der Waals surface area contributed by atoms with Crippen LogP contribution >= 0.6 is 11.6 Å². The van der Waals surface area contributed by atoms with Gasteiger partial charge in [0.1, 0.15) is 6.61 Å². The maximum Gasteiger partial charge on any atom is 0.351 e. The molecular weight excluding hydrogens is 436 g/mol. The van der Waals surface area contributed by atoms with Crippen LogP contribution in [0.25, 0.3) is 0 Å². The molecule has 0 fully saturated rings. The summed E-state index contributed by atoms with van der Waals surface area (Å²) in [7, 11) is 0. The Morgan fingerprint density at radius 2 is 1.71 bits per heavy atom. The summed E-state index contributed by atoms with van der Waals surface area (Å²) in [6.07, 6.45) is -1.24. The first kappa shape index (κ1) is 25.2. The summed E-state index contributed by atoms with van der Waals surface area (Å²) in [5.74, 6) is -5.77. The second-order valence-corrected chi connectivity index (χ2v) is 8.16. The zero-order valence-corrected chi connectivity index (χ0v) is 17.8. The van der Waals surface area contributed by atoms with Gasteiger partial charge in [0.15, 0.2) is 10.8 Å². The number of aromatic nitrogens is 2. The topological polar surface area (TPSA) is 175 Å². The van der Waals surface area contributed by atoms with Crippen LogP contribution in [-0.2, 0) is 22.9 Å². The number of nitrogens with zero attached hydrogens (tertiary/aromatic N) is 2. The van der Waals surface area contributed by atoms with Crippen LogP contribution in [0.1, 0.15) is 31.9 Å². The molecule has 0 saturated carbocycles. The summed E-state index contributed by atoms with van der Waals surface area (Å²) in [6, 6.07) is 5.26. The van der Waals surface area contributed by atoms with E-state index in [0.717, 1.165) is 10.9 Å². The van der Waals surface area contributed by atoms with Gasteiger partial charge in [-0.3, -0.25) is 4.79 Å². The number of ether oxygens (including phenoxy) is 2. The monoisotopic (exact) mass is 460 g/mol. The van der Waals surface area contributed by atoms with Crippen molar-refractivity contribution < 1.29 is 40.1 Å². The fourth-order valence-corrected chi connectivity index (χ4v) is 2.57. The maximum atomic E-state index is 12.4. The SMILES string of the molecule is CC(C)(C)n1ncc(OC(O)(O)c2ccc(COC(O)(CO)C(O)O)cc2)c(Cl)c1=O. The van der Waals surface area contributed by atoms with Crippen LogP contribution in [0.15, 0.2) is 35.3 Å². The Morgan fingerprint density at radius 1 is 1.13 bits per heavy atom. The number of halogens is 1. The van der Waals surface area contributed by atoms with Gasteiger partial charge in [-0.1, -0.05) is 23.7 Å². The van der Waals surface area contributed by atoms with Crippen molar-refractivity contribution in [2.75, 3.05) is 6.61 Å². The first-order chi connectivity index (χ1) is 14.2. The summed E-state index contributed by atoms with van der Waals surface area (Å²) in [6.45, 7) is 3.84. The Balaban J connectivity index is 2.18. The fraction of sp³-hybridized carbons (Fsp3) is 0.474. The van der Waals surface area contributed by atoms with Crippen molar-refractivity contribution in [1.82, 2.24) is 9.78 Å². The van der Waals surface area contributed by atoms with Crippen molar-refractivity contribution in [1.29, 1.82) is 0 Å². The van der Waals surface area contributed by atoms with Gasteiger partial charge in [0.2, 0.25) is 12.1 Å². The molecule has 0 spiro atoms. The molecule has 31 heavy (non-hydrogen) atoms. The van der Waals surface area contributed by atoms with Crippen LogP contribution in [0.3, 0.4) is 0 Å². The van der Waals surface area contributed by atoms with E-state index in [-0.39, 0.29) is 22.9 Å². The first-order valence-corrected chi connectivity index (χ1v) is 9.44. The molecule has 12 heteroatoms. The van der Waals surface area contributed by atoms with Crippen LogP contribution < -0.4 is 10.3 Å². The van der Waals surface area contributed by atoms with Crippen molar-refractivity contribution in [3.05, 3.63) is 57.0 Å². The Morgan fingerprint density at radius 3 is 2.19 bits per heavy atom. The molecule has 1 aromatic carbocycles. The highest BCUT2D eigenvalue weighted by molar-refractivity contribution is 6.31. The van der Waals surface area contributed by atoms with E-state index in [1.165, 1.54) is 24.3 Å². The first-order valence-electron chi connectivity index (χ1n) is 9.06. The lowest BCUT2D eigenvalue weighted by Gasteiger charge is -2.27. The molecule has 0 saturated heterocycles. The summed E-state index contributed by atoms with van der Waals surface area (Å²) < 4.78 is 11.1. The van der Waals surface area contributed by atoms with Crippen LogP contribution in [0.5, 0.6) is 5.75 Å². The largest absolute Gasteiger partial charge is 0.432 e. The molecule has 1 aromatic heterocycles. The molecule has 0 bridgehead atoms. The molecule has 11 nitrogen and oxygen atoms in total. The van der Waals surface area contributed by atoms with Crippen molar-refractivity contribution in [2.45, 2.75) is 51.0 Å². The van der Waals surface area contributed by atoms with Gasteiger partial charge in [-0.2, -0.15) is 5.10 Å². The number of hydrogen-bond acceptors (Lipinski definition) is 10. The molecule has 2 rings (SSSR count). The molecule has 0 amide bonds. The second kappa shape index (κ2) is 9.18. The summed E-state index contributed by atoms with van der Waals surface area (Å²) in [4.78, 5) is 12.4. The van der Waals surface area contributed by atoms with E-state index < -0.39 is 35.8 Å². The average Bonchev–Trinajstić information content (AvgIpc) is 2.68. The van der Waals surface area contributed by atoms with Gasteiger partial charge in [-0.05, 0) is 38.5 Å². The lowest BCUT2D eigenvalue weighted by Crippen LogP contribution is -2.48. The van der Waals surface area contributed by atoms with Gasteiger partial charge in [-0.25, -0.2) is 4.68 Å². The van der Waals surface area contributed by atoms with Crippen molar-refractivity contribution in [3.63, 3.8) is 0 Å². The molecule has 172 valence electrons. The third-order valence-electron chi connectivity index (χ3n) is 4.22. The summed E-state index contributed by atoms with van der Waals surface area (Å²) in [5, 5.41) is 61.0. The maximum absolute atomic E-state index is 12.4. The fourth-order valence-electron chi connectivity index (χ4n) is 2.41. The highest BCUT2D eigenvalue weighted by atomic mass is 35.5. The van der Waals surface area contributed by atoms with E-state index in [4.69, 9.17) is 36.4 Å². The number of rotatable bonds is 8. The van der Waals surface area contributed by atoms with Gasteiger partial charge >= 0.3 is 5.97 Å². The quantitative estimate of drug-likeness (QED) is 0.277. The minimum Gasteiger partial charge on any atom is -0.432 e. The third-order valence-corrected chi connectivity index (χ3v) is 4.57. The van der Waals surface area contributed by atoms with E-state index in [1.54, 1.807) is 20.8 Å². The van der Waals surface area contributed by atoms with Gasteiger partial charge in [0.25, 0.3) is 5.56 Å². The van der Waals surface area contributed by atoms with Crippen molar-refractivity contribution in [2.24, 2.45) is 0 Å². The molecule has 6 N–H and O–H groups in total. The smallest absolute Gasteiger partial charge is 0.351 e. The Bertz CT molecular complexity index is 954. The van der Waals surface area contributed by atoms with Gasteiger partial charge in [0.05, 0.1) is 23.9 Å². The standard InChI is InChI=1S/C19H25ClN2O9/c1-17(2,3)22-15(24)14(20)13(8-21-22)31-19(28,29)12-6-4-11(5-7-12)9-30-18(27,10-23)16(25)26/h4-8,16,23,25-29H,9-10H2,1-3H3. The molecule has 0 radical (unpaired) electrons. The highest BCUT2D eigenvalue weighted by Gasteiger charge is 2.35. The number of aliphatic hydroxyl groups excluding tert-OH is 2. The Labute approximate surface area is 182 Å². The minimum atomic E-state index is -2.86. The summed E-state index contributed by atoms with van der Waals surface area (Å²) >= 11 is 6.02. The highest BCUT2D eigenvalue weighted by Crippen LogP contribution is 2.28. The Hall–Kier alpha value is -2.09. The Kier molecular flexibility index (Phi) is 7.46. The lowest BCUT2D eigenvalue weighted by atomic mass is 10.1.